The molecule has 0 aromatic heterocycles. The van der Waals surface area contributed by atoms with Gasteiger partial charge in [0.25, 0.3) is 5.69 Å². The van der Waals surface area contributed by atoms with Crippen molar-refractivity contribution in [3.8, 4) is 5.75 Å². The van der Waals surface area contributed by atoms with Gasteiger partial charge in [0.2, 0.25) is 0 Å². The monoisotopic (exact) mass is 309 g/mol. The van der Waals surface area contributed by atoms with E-state index in [1.165, 1.54) is 12.1 Å². The minimum absolute atomic E-state index is 0.0106. The maximum atomic E-state index is 10.6. The van der Waals surface area contributed by atoms with E-state index in [-0.39, 0.29) is 22.6 Å². The van der Waals surface area contributed by atoms with Crippen LogP contribution in [0.25, 0.3) is 0 Å². The van der Waals surface area contributed by atoms with Gasteiger partial charge < -0.3 is 9.84 Å². The van der Waals surface area contributed by atoms with E-state index in [1.807, 2.05) is 0 Å². The third kappa shape index (κ3) is 3.33. The zero-order valence-corrected chi connectivity index (χ0v) is 10.4. The van der Waals surface area contributed by atoms with Crippen LogP contribution in [0.1, 0.15) is 0 Å². The van der Waals surface area contributed by atoms with Crippen molar-refractivity contribution in [2.24, 2.45) is 0 Å². The maximum Gasteiger partial charge on any atom is 0.287 e. The molecule has 1 aromatic rings. The molecule has 1 unspecified atom stereocenters. The van der Waals surface area contributed by atoms with Crippen molar-refractivity contribution in [1.29, 1.82) is 0 Å². The van der Waals surface area contributed by atoms with Crippen molar-refractivity contribution in [1.82, 2.24) is 0 Å². The van der Waals surface area contributed by atoms with Crippen LogP contribution in [0.15, 0.2) is 22.7 Å². The van der Waals surface area contributed by atoms with Crippen LogP contribution in [-0.2, 0) is 0 Å². The number of aliphatic hydroxyl groups is 1. The van der Waals surface area contributed by atoms with E-state index in [0.717, 1.165) is 0 Å². The molecular weight excluding hydrogens is 301 g/mol. The van der Waals surface area contributed by atoms with Crippen LogP contribution < -0.4 is 4.74 Å². The normalized spacial score (nSPS) is 12.2. The Labute approximate surface area is 105 Å². The summed E-state index contributed by atoms with van der Waals surface area (Å²) < 4.78 is 5.45. The molecule has 0 aliphatic rings. The number of hydrogen-bond donors (Lipinski definition) is 1. The van der Waals surface area contributed by atoms with Crippen LogP contribution in [0.5, 0.6) is 5.75 Å². The number of nitrogens with zero attached hydrogens (tertiary/aromatic N) is 1. The van der Waals surface area contributed by atoms with Crippen LogP contribution in [0.2, 0.25) is 0 Å². The lowest BCUT2D eigenvalue weighted by atomic mass is 10.3. The molecule has 0 saturated heterocycles. The summed E-state index contributed by atoms with van der Waals surface area (Å²) in [6.07, 6.45) is -0.798. The molecule has 0 bridgehead atoms. The quantitative estimate of drug-likeness (QED) is 0.515. The number of alkyl halides is 1. The molecule has 0 aliphatic carbocycles. The minimum atomic E-state index is -0.798. The second kappa shape index (κ2) is 6.03. The lowest BCUT2D eigenvalue weighted by Gasteiger charge is -2.10. The summed E-state index contributed by atoms with van der Waals surface area (Å²) in [7, 11) is 0. The Morgan fingerprint density at radius 1 is 1.62 bits per heavy atom. The lowest BCUT2D eigenvalue weighted by Crippen LogP contribution is -2.19. The summed E-state index contributed by atoms with van der Waals surface area (Å²) in [5, 5.41) is 19.8. The van der Waals surface area contributed by atoms with Crippen LogP contribution in [0.4, 0.5) is 5.69 Å². The molecule has 0 saturated carbocycles. The minimum Gasteiger partial charge on any atom is -0.489 e. The first-order valence-electron chi connectivity index (χ1n) is 4.36. The van der Waals surface area contributed by atoms with Gasteiger partial charge in [-0.15, -0.1) is 11.6 Å². The number of halogens is 2. The Kier molecular flexibility index (Phi) is 4.98. The van der Waals surface area contributed by atoms with Crippen molar-refractivity contribution < 1.29 is 14.8 Å². The van der Waals surface area contributed by atoms with Crippen LogP contribution in [0.3, 0.4) is 0 Å². The van der Waals surface area contributed by atoms with Crippen molar-refractivity contribution in [2.75, 3.05) is 12.5 Å². The third-order valence-corrected chi connectivity index (χ3v) is 2.90. The van der Waals surface area contributed by atoms with Crippen LogP contribution in [0, 0.1) is 10.1 Å². The number of aliphatic hydroxyl groups excluding tert-OH is 1. The first-order chi connectivity index (χ1) is 7.56. The van der Waals surface area contributed by atoms with E-state index < -0.39 is 11.0 Å². The first kappa shape index (κ1) is 13.2. The van der Waals surface area contributed by atoms with Gasteiger partial charge in [-0.3, -0.25) is 10.1 Å². The van der Waals surface area contributed by atoms with E-state index in [1.54, 1.807) is 6.07 Å². The van der Waals surface area contributed by atoms with Gasteiger partial charge in [-0.05, 0) is 22.0 Å². The van der Waals surface area contributed by atoms with Gasteiger partial charge in [0.15, 0.2) is 0 Å². The first-order valence-corrected chi connectivity index (χ1v) is 5.68. The fourth-order valence-corrected chi connectivity index (χ4v) is 1.59. The fraction of sp³-hybridized carbons (Fsp3) is 0.333. The number of benzene rings is 1. The van der Waals surface area contributed by atoms with Crippen LogP contribution >= 0.6 is 27.5 Å². The molecule has 88 valence electrons. The standard InChI is InChI=1S/C9H9BrClNO4/c10-9-7(12(14)15)2-1-3-8(9)16-5-6(13)4-11/h1-3,6,13H,4-5H2. The molecule has 0 amide bonds. The summed E-state index contributed by atoms with van der Waals surface area (Å²) in [5.41, 5.74) is -0.0853. The van der Waals surface area contributed by atoms with E-state index in [2.05, 4.69) is 15.9 Å². The third-order valence-electron chi connectivity index (χ3n) is 1.75. The zero-order chi connectivity index (χ0) is 12.1. The molecule has 16 heavy (non-hydrogen) atoms. The molecule has 1 N–H and O–H groups in total. The topological polar surface area (TPSA) is 72.6 Å². The number of hydrogen-bond acceptors (Lipinski definition) is 4. The Morgan fingerprint density at radius 3 is 2.88 bits per heavy atom. The fourth-order valence-electron chi connectivity index (χ4n) is 0.982. The Bertz CT molecular complexity index is 388. The summed E-state index contributed by atoms with van der Waals surface area (Å²) in [4.78, 5) is 10.1. The second-order valence-corrected chi connectivity index (χ2v) is 4.07. The Balaban J connectivity index is 2.81. The number of rotatable bonds is 5. The number of ether oxygens (including phenoxy) is 1. The highest BCUT2D eigenvalue weighted by Crippen LogP contribution is 2.33. The van der Waals surface area contributed by atoms with Gasteiger partial charge in [-0.1, -0.05) is 6.07 Å². The van der Waals surface area contributed by atoms with Gasteiger partial charge in [0, 0.05) is 6.07 Å². The van der Waals surface area contributed by atoms with E-state index in [0.29, 0.717) is 5.75 Å². The van der Waals surface area contributed by atoms with E-state index in [4.69, 9.17) is 16.3 Å². The molecule has 1 atom stereocenters. The summed E-state index contributed by atoms with van der Waals surface area (Å²) in [6.45, 7) is -0.0106. The van der Waals surface area contributed by atoms with Gasteiger partial charge in [0.1, 0.15) is 22.9 Å². The molecule has 7 heteroatoms. The number of nitro groups is 1. The van der Waals surface area contributed by atoms with Crippen molar-refractivity contribution in [3.63, 3.8) is 0 Å². The van der Waals surface area contributed by atoms with E-state index >= 15 is 0 Å². The predicted octanol–water partition coefficient (Wildman–Crippen LogP) is 2.34. The smallest absolute Gasteiger partial charge is 0.287 e. The van der Waals surface area contributed by atoms with Crippen LogP contribution in [-0.4, -0.2) is 28.6 Å². The van der Waals surface area contributed by atoms with Gasteiger partial charge in [0.05, 0.1) is 10.8 Å². The van der Waals surface area contributed by atoms with Crippen molar-refractivity contribution in [2.45, 2.75) is 6.10 Å². The highest BCUT2D eigenvalue weighted by molar-refractivity contribution is 9.10. The Morgan fingerprint density at radius 2 is 2.31 bits per heavy atom. The second-order valence-electron chi connectivity index (χ2n) is 2.97. The van der Waals surface area contributed by atoms with Crippen molar-refractivity contribution in [3.05, 3.63) is 32.8 Å². The van der Waals surface area contributed by atoms with Crippen molar-refractivity contribution >= 4 is 33.2 Å². The molecule has 1 aromatic carbocycles. The largest absolute Gasteiger partial charge is 0.489 e. The molecule has 0 heterocycles. The van der Waals surface area contributed by atoms with Gasteiger partial charge >= 0.3 is 0 Å². The molecular formula is C9H9BrClNO4. The molecule has 0 radical (unpaired) electrons. The molecule has 0 aliphatic heterocycles. The molecule has 5 nitrogen and oxygen atoms in total. The maximum absolute atomic E-state index is 10.6. The SMILES string of the molecule is O=[N+]([O-])c1cccc(OCC(O)CCl)c1Br. The summed E-state index contributed by atoms with van der Waals surface area (Å²) in [5.74, 6) is 0.352. The molecule has 1 rings (SSSR count). The lowest BCUT2D eigenvalue weighted by molar-refractivity contribution is -0.385. The predicted molar refractivity (Wildman–Crippen MR) is 63.0 cm³/mol. The Hall–Kier alpha value is -0.850. The average molecular weight is 311 g/mol. The summed E-state index contributed by atoms with van der Waals surface area (Å²) >= 11 is 8.46. The van der Waals surface area contributed by atoms with Gasteiger partial charge in [-0.25, -0.2) is 0 Å². The summed E-state index contributed by atoms with van der Waals surface area (Å²) in [6, 6.07) is 4.43. The average Bonchev–Trinajstić information content (AvgIpc) is 2.26. The highest BCUT2D eigenvalue weighted by atomic mass is 79.9. The molecule has 0 spiro atoms. The van der Waals surface area contributed by atoms with E-state index in [9.17, 15) is 15.2 Å². The highest BCUT2D eigenvalue weighted by Gasteiger charge is 2.16. The molecule has 0 fully saturated rings. The number of nitro benzene ring substituents is 1. The van der Waals surface area contributed by atoms with Gasteiger partial charge in [-0.2, -0.15) is 0 Å². The zero-order valence-electron chi connectivity index (χ0n) is 8.10.